The van der Waals surface area contributed by atoms with Gasteiger partial charge >= 0.3 is 0 Å². The fourth-order valence-corrected chi connectivity index (χ4v) is 2.73. The van der Waals surface area contributed by atoms with Crippen LogP contribution in [-0.4, -0.2) is 20.3 Å². The Bertz CT molecular complexity index is 613. The average molecular weight is 293 g/mol. The number of carbonyl (C=O) groups is 1. The van der Waals surface area contributed by atoms with Gasteiger partial charge in [-0.25, -0.2) is 0 Å². The molecule has 0 radical (unpaired) electrons. The molecule has 2 aromatic heterocycles. The molecule has 2 atom stereocenters. The molecule has 2 rings (SSSR count). The second-order valence-electron chi connectivity index (χ2n) is 4.15. The fraction of sp³-hybridized carbons (Fsp3) is 0.231. The third kappa shape index (κ3) is 3.24. The highest BCUT2D eigenvalue weighted by atomic mass is 32.2. The van der Waals surface area contributed by atoms with Crippen LogP contribution in [0.2, 0.25) is 0 Å². The lowest BCUT2D eigenvalue weighted by Crippen LogP contribution is -2.35. The molecular weight excluding hydrogens is 278 g/mol. The first-order valence-electron chi connectivity index (χ1n) is 5.99. The van der Waals surface area contributed by atoms with Crippen LogP contribution in [0.4, 0.5) is 5.69 Å². The predicted octanol–water partition coefficient (Wildman–Crippen LogP) is 1.07. The zero-order chi connectivity index (χ0) is 14.5. The van der Waals surface area contributed by atoms with Crippen molar-refractivity contribution in [3.63, 3.8) is 0 Å². The highest BCUT2D eigenvalue weighted by Gasteiger charge is 2.22. The van der Waals surface area contributed by atoms with E-state index in [1.165, 1.54) is 18.7 Å². The van der Waals surface area contributed by atoms with Crippen molar-refractivity contribution in [3.8, 4) is 0 Å². The van der Waals surface area contributed by atoms with Gasteiger partial charge in [-0.2, -0.15) is 0 Å². The van der Waals surface area contributed by atoms with Crippen LogP contribution in [0.1, 0.15) is 12.7 Å². The summed E-state index contributed by atoms with van der Waals surface area (Å²) in [5, 5.41) is 1.96. The first kappa shape index (κ1) is 14.3. The highest BCUT2D eigenvalue weighted by Crippen LogP contribution is 2.17. The van der Waals surface area contributed by atoms with Crippen molar-refractivity contribution in [1.29, 1.82) is 0 Å². The Kier molecular flexibility index (Phi) is 4.52. The minimum atomic E-state index is -1.53. The second-order valence-corrected chi connectivity index (χ2v) is 5.89. The zero-order valence-electron chi connectivity index (χ0n) is 10.9. The Morgan fingerprint density at radius 1 is 1.55 bits per heavy atom. The monoisotopic (exact) mass is 293 g/mol. The smallest absolute Gasteiger partial charge is 0.236 e. The van der Waals surface area contributed by atoms with Crippen molar-refractivity contribution in [2.45, 2.75) is 23.6 Å². The number of pyridine rings is 1. The molecular formula is C13H15N3O3S. The van der Waals surface area contributed by atoms with Crippen LogP contribution in [0, 0.1) is 0 Å². The van der Waals surface area contributed by atoms with E-state index in [1.807, 2.05) is 0 Å². The van der Waals surface area contributed by atoms with Crippen molar-refractivity contribution >= 4 is 22.4 Å². The number of hydrogen-bond donors (Lipinski definition) is 2. The Hall–Kier alpha value is -2.15. The van der Waals surface area contributed by atoms with E-state index >= 15 is 0 Å². The second kappa shape index (κ2) is 6.33. The summed E-state index contributed by atoms with van der Waals surface area (Å²) in [7, 11) is -1.53. The molecule has 0 aromatic carbocycles. The molecule has 0 aliphatic carbocycles. The maximum atomic E-state index is 12.3. The van der Waals surface area contributed by atoms with Crippen LogP contribution >= 0.6 is 0 Å². The molecule has 0 spiro atoms. The molecule has 0 aliphatic rings. The maximum Gasteiger partial charge on any atom is 0.236 e. The van der Waals surface area contributed by atoms with Crippen LogP contribution in [0.5, 0.6) is 0 Å². The van der Waals surface area contributed by atoms with Crippen molar-refractivity contribution < 1.29 is 13.4 Å². The number of amides is 1. The molecule has 20 heavy (non-hydrogen) atoms. The molecule has 0 fully saturated rings. The molecule has 6 nitrogen and oxygen atoms in total. The normalized spacial score (nSPS) is 13.7. The molecule has 1 amide bonds. The summed E-state index contributed by atoms with van der Waals surface area (Å²) < 4.78 is 17.4. The lowest BCUT2D eigenvalue weighted by atomic mass is 10.4. The number of nitrogens with one attached hydrogen (secondary N) is 1. The van der Waals surface area contributed by atoms with Gasteiger partial charge in [0.2, 0.25) is 5.91 Å². The molecule has 2 heterocycles. The van der Waals surface area contributed by atoms with E-state index in [0.29, 0.717) is 16.3 Å². The number of rotatable bonds is 5. The summed E-state index contributed by atoms with van der Waals surface area (Å²) in [6, 6.07) is 5.05. The highest BCUT2D eigenvalue weighted by molar-refractivity contribution is 7.86. The number of nitrogen functional groups attached to an aromatic ring is 1. The van der Waals surface area contributed by atoms with Crippen LogP contribution in [0.25, 0.3) is 0 Å². The molecule has 2 aromatic rings. The lowest BCUT2D eigenvalue weighted by molar-refractivity contribution is -0.120. The molecule has 7 heteroatoms. The van der Waals surface area contributed by atoms with Gasteiger partial charge in [-0.3, -0.25) is 14.0 Å². The largest absolute Gasteiger partial charge is 0.467 e. The standard InChI is InChI=1S/C13H15N3O3S/c1-9(13(17)16-7-10-3-2-6-19-10)20(18)12-4-5-15-8-11(12)14/h2-6,8-9H,7,14H2,1H3,(H,16,17). The molecule has 0 saturated carbocycles. The van der Waals surface area contributed by atoms with E-state index < -0.39 is 16.0 Å². The Balaban J connectivity index is 1.99. The lowest BCUT2D eigenvalue weighted by Gasteiger charge is -2.12. The van der Waals surface area contributed by atoms with Crippen LogP contribution in [0.3, 0.4) is 0 Å². The molecule has 106 valence electrons. The van der Waals surface area contributed by atoms with Gasteiger partial charge in [0, 0.05) is 6.20 Å². The third-order valence-corrected chi connectivity index (χ3v) is 4.40. The zero-order valence-corrected chi connectivity index (χ0v) is 11.7. The van der Waals surface area contributed by atoms with E-state index in [9.17, 15) is 9.00 Å². The minimum absolute atomic E-state index is 0.263. The number of nitrogens with zero attached hydrogens (tertiary/aromatic N) is 1. The molecule has 0 aliphatic heterocycles. The number of carbonyl (C=O) groups excluding carboxylic acids is 1. The van der Waals surface area contributed by atoms with Crippen LogP contribution < -0.4 is 11.1 Å². The van der Waals surface area contributed by atoms with Gasteiger partial charge in [0.1, 0.15) is 11.0 Å². The topological polar surface area (TPSA) is 98.2 Å². The third-order valence-electron chi connectivity index (χ3n) is 2.73. The summed E-state index contributed by atoms with van der Waals surface area (Å²) in [5.74, 6) is 0.315. The SMILES string of the molecule is CC(C(=O)NCc1ccco1)S(=O)c1ccncc1N. The molecule has 2 unspecified atom stereocenters. The van der Waals surface area contributed by atoms with Gasteiger partial charge in [-0.05, 0) is 25.1 Å². The quantitative estimate of drug-likeness (QED) is 0.859. The summed E-state index contributed by atoms with van der Waals surface area (Å²) in [4.78, 5) is 16.2. The number of nitrogens with two attached hydrogens (primary N) is 1. The maximum absolute atomic E-state index is 12.3. The molecule has 0 saturated heterocycles. The van der Waals surface area contributed by atoms with E-state index in [0.717, 1.165) is 0 Å². The summed E-state index contributed by atoms with van der Waals surface area (Å²) >= 11 is 0. The summed E-state index contributed by atoms with van der Waals surface area (Å²) in [6.07, 6.45) is 4.44. The number of furan rings is 1. The first-order valence-corrected chi connectivity index (χ1v) is 7.21. The number of aromatic nitrogens is 1. The van der Waals surface area contributed by atoms with Gasteiger partial charge in [0.25, 0.3) is 0 Å². The summed E-state index contributed by atoms with van der Waals surface area (Å²) in [6.45, 7) is 1.85. The van der Waals surface area contributed by atoms with Crippen molar-refractivity contribution in [1.82, 2.24) is 10.3 Å². The number of anilines is 1. The van der Waals surface area contributed by atoms with E-state index in [2.05, 4.69) is 10.3 Å². The average Bonchev–Trinajstić information content (AvgIpc) is 2.97. The van der Waals surface area contributed by atoms with E-state index in [-0.39, 0.29) is 12.5 Å². The Labute approximate surface area is 118 Å². The van der Waals surface area contributed by atoms with Crippen molar-refractivity contribution in [2.75, 3.05) is 5.73 Å². The van der Waals surface area contributed by atoms with Crippen molar-refractivity contribution in [3.05, 3.63) is 42.6 Å². The van der Waals surface area contributed by atoms with Crippen LogP contribution in [0.15, 0.2) is 46.2 Å². The first-order chi connectivity index (χ1) is 9.59. The molecule has 3 N–H and O–H groups in total. The predicted molar refractivity (Wildman–Crippen MR) is 75.1 cm³/mol. The summed E-state index contributed by atoms with van der Waals surface area (Å²) in [5.41, 5.74) is 6.02. The van der Waals surface area contributed by atoms with E-state index in [4.69, 9.17) is 10.2 Å². The van der Waals surface area contributed by atoms with Gasteiger partial charge in [-0.1, -0.05) is 0 Å². The number of hydrogen-bond acceptors (Lipinski definition) is 5. The minimum Gasteiger partial charge on any atom is -0.467 e. The Morgan fingerprint density at radius 3 is 3.00 bits per heavy atom. The Morgan fingerprint density at radius 2 is 2.35 bits per heavy atom. The van der Waals surface area contributed by atoms with Gasteiger partial charge in [-0.15, -0.1) is 0 Å². The molecule has 0 bridgehead atoms. The van der Waals surface area contributed by atoms with Gasteiger partial charge in [0.05, 0.1) is 40.4 Å². The fourth-order valence-electron chi connectivity index (χ4n) is 1.60. The van der Waals surface area contributed by atoms with E-state index in [1.54, 1.807) is 25.1 Å². The van der Waals surface area contributed by atoms with Gasteiger partial charge in [0.15, 0.2) is 0 Å². The van der Waals surface area contributed by atoms with Gasteiger partial charge < -0.3 is 15.5 Å². The van der Waals surface area contributed by atoms with Crippen molar-refractivity contribution in [2.24, 2.45) is 0 Å². The van der Waals surface area contributed by atoms with Crippen LogP contribution in [-0.2, 0) is 22.1 Å².